The van der Waals surface area contributed by atoms with Crippen LogP contribution in [0.4, 0.5) is 10.1 Å². The van der Waals surface area contributed by atoms with E-state index in [0.29, 0.717) is 23.7 Å². The maximum Gasteiger partial charge on any atom is 0.239 e. The molecular formula is C15H23FN2O2. The number of aliphatic hydroxyl groups is 1. The highest BCUT2D eigenvalue weighted by Gasteiger charge is 2.13. The monoisotopic (exact) mass is 282 g/mol. The molecule has 5 heteroatoms. The van der Waals surface area contributed by atoms with E-state index >= 15 is 0 Å². The van der Waals surface area contributed by atoms with E-state index < -0.39 is 11.9 Å². The largest absolute Gasteiger partial charge is 0.389 e. The summed E-state index contributed by atoms with van der Waals surface area (Å²) in [6.45, 7) is 6.31. The van der Waals surface area contributed by atoms with Crippen LogP contribution in [0.15, 0.2) is 18.2 Å². The predicted molar refractivity (Wildman–Crippen MR) is 78.2 cm³/mol. The Morgan fingerprint density at radius 2 is 2.05 bits per heavy atom. The van der Waals surface area contributed by atoms with Gasteiger partial charge >= 0.3 is 0 Å². The Labute approximate surface area is 119 Å². The third-order valence-corrected chi connectivity index (χ3v) is 2.95. The highest BCUT2D eigenvalue weighted by Crippen LogP contribution is 2.22. The van der Waals surface area contributed by atoms with Crippen LogP contribution >= 0.6 is 0 Å². The number of anilines is 1. The van der Waals surface area contributed by atoms with Crippen LogP contribution in [0.1, 0.15) is 32.4 Å². The number of likely N-dealkylation sites (N-methyl/N-ethyl adjacent to an activating group) is 1. The summed E-state index contributed by atoms with van der Waals surface area (Å²) in [4.78, 5) is 13.3. The van der Waals surface area contributed by atoms with E-state index in [4.69, 9.17) is 0 Å². The number of nitrogens with one attached hydrogen (secondary N) is 1. The van der Waals surface area contributed by atoms with Gasteiger partial charge in [0.15, 0.2) is 0 Å². The van der Waals surface area contributed by atoms with Crippen LogP contribution in [0.2, 0.25) is 0 Å². The number of nitrogens with zero attached hydrogens (tertiary/aromatic N) is 1. The molecule has 0 saturated carbocycles. The summed E-state index contributed by atoms with van der Waals surface area (Å²) in [5.41, 5.74) is 0.859. The molecule has 0 spiro atoms. The van der Waals surface area contributed by atoms with Crippen LogP contribution in [0, 0.1) is 11.7 Å². The van der Waals surface area contributed by atoms with E-state index in [1.165, 1.54) is 6.07 Å². The van der Waals surface area contributed by atoms with E-state index in [9.17, 15) is 14.3 Å². The van der Waals surface area contributed by atoms with E-state index in [1.807, 2.05) is 13.8 Å². The van der Waals surface area contributed by atoms with Crippen molar-refractivity contribution in [1.29, 1.82) is 0 Å². The SMILES string of the molecule is CC(C)CNC(=O)CN(C)c1ccc(C(C)O)cc1F. The number of halogens is 1. The number of aliphatic hydroxyl groups excluding tert-OH is 1. The fraction of sp³-hybridized carbons (Fsp3) is 0.533. The Bertz CT molecular complexity index is 461. The van der Waals surface area contributed by atoms with Crippen molar-refractivity contribution in [1.82, 2.24) is 5.32 Å². The summed E-state index contributed by atoms with van der Waals surface area (Å²) in [5.74, 6) is -0.200. The van der Waals surface area contributed by atoms with Crippen molar-refractivity contribution in [2.75, 3.05) is 25.0 Å². The summed E-state index contributed by atoms with van der Waals surface area (Å²) in [7, 11) is 1.66. The minimum absolute atomic E-state index is 0.0949. The zero-order chi connectivity index (χ0) is 15.3. The van der Waals surface area contributed by atoms with Crippen molar-refractivity contribution in [2.24, 2.45) is 5.92 Å². The molecule has 112 valence electrons. The fourth-order valence-corrected chi connectivity index (χ4v) is 1.77. The van der Waals surface area contributed by atoms with Crippen molar-refractivity contribution in [3.05, 3.63) is 29.6 Å². The first-order valence-electron chi connectivity index (χ1n) is 6.76. The number of hydrogen-bond acceptors (Lipinski definition) is 3. The molecule has 0 fully saturated rings. The minimum Gasteiger partial charge on any atom is -0.389 e. The maximum absolute atomic E-state index is 13.9. The molecule has 1 amide bonds. The third kappa shape index (κ3) is 4.81. The van der Waals surface area contributed by atoms with Gasteiger partial charge in [0.25, 0.3) is 0 Å². The quantitative estimate of drug-likeness (QED) is 0.840. The molecule has 1 aromatic carbocycles. The van der Waals surface area contributed by atoms with Crippen LogP contribution in [0.3, 0.4) is 0 Å². The summed E-state index contributed by atoms with van der Waals surface area (Å²) in [6.07, 6.45) is -0.710. The second-order valence-corrected chi connectivity index (χ2v) is 5.44. The average molecular weight is 282 g/mol. The predicted octanol–water partition coefficient (Wildman–Crippen LogP) is 2.09. The Balaban J connectivity index is 2.68. The summed E-state index contributed by atoms with van der Waals surface area (Å²) in [5, 5.41) is 12.2. The average Bonchev–Trinajstić information content (AvgIpc) is 2.35. The minimum atomic E-state index is -0.710. The fourth-order valence-electron chi connectivity index (χ4n) is 1.77. The molecule has 4 nitrogen and oxygen atoms in total. The molecule has 0 heterocycles. The third-order valence-electron chi connectivity index (χ3n) is 2.95. The van der Waals surface area contributed by atoms with Crippen molar-refractivity contribution in [3.63, 3.8) is 0 Å². The van der Waals surface area contributed by atoms with E-state index in [0.717, 1.165) is 0 Å². The van der Waals surface area contributed by atoms with Gasteiger partial charge < -0.3 is 15.3 Å². The second-order valence-electron chi connectivity index (χ2n) is 5.44. The first-order valence-corrected chi connectivity index (χ1v) is 6.76. The molecular weight excluding hydrogens is 259 g/mol. The highest BCUT2D eigenvalue weighted by atomic mass is 19.1. The van der Waals surface area contributed by atoms with Gasteiger partial charge in [-0.3, -0.25) is 4.79 Å². The normalized spacial score (nSPS) is 12.3. The van der Waals surface area contributed by atoms with Gasteiger partial charge in [0.1, 0.15) is 5.82 Å². The van der Waals surface area contributed by atoms with Crippen molar-refractivity contribution < 1.29 is 14.3 Å². The van der Waals surface area contributed by atoms with Crippen LogP contribution in [0.5, 0.6) is 0 Å². The van der Waals surface area contributed by atoms with Crippen LogP contribution < -0.4 is 10.2 Å². The van der Waals surface area contributed by atoms with Gasteiger partial charge in [-0.1, -0.05) is 19.9 Å². The van der Waals surface area contributed by atoms with Gasteiger partial charge in [-0.15, -0.1) is 0 Å². The van der Waals surface area contributed by atoms with Gasteiger partial charge in [-0.25, -0.2) is 4.39 Å². The standard InChI is InChI=1S/C15H23FN2O2/c1-10(2)8-17-15(20)9-18(4)14-6-5-12(11(3)19)7-13(14)16/h5-7,10-11,19H,8-9H2,1-4H3,(H,17,20). The van der Waals surface area contributed by atoms with Crippen molar-refractivity contribution in [3.8, 4) is 0 Å². The van der Waals surface area contributed by atoms with Crippen LogP contribution in [-0.4, -0.2) is 31.2 Å². The van der Waals surface area contributed by atoms with Crippen LogP contribution in [-0.2, 0) is 4.79 Å². The topological polar surface area (TPSA) is 52.6 Å². The molecule has 0 aliphatic heterocycles. The van der Waals surface area contributed by atoms with Gasteiger partial charge in [0, 0.05) is 13.6 Å². The van der Waals surface area contributed by atoms with Crippen molar-refractivity contribution >= 4 is 11.6 Å². The molecule has 0 radical (unpaired) electrons. The van der Waals surface area contributed by atoms with E-state index in [-0.39, 0.29) is 12.5 Å². The Hall–Kier alpha value is -1.62. The Morgan fingerprint density at radius 3 is 2.55 bits per heavy atom. The lowest BCUT2D eigenvalue weighted by Gasteiger charge is -2.20. The summed E-state index contributed by atoms with van der Waals surface area (Å²) in [6, 6.07) is 4.53. The molecule has 0 bridgehead atoms. The van der Waals surface area contributed by atoms with Gasteiger partial charge in [0.05, 0.1) is 18.3 Å². The van der Waals surface area contributed by atoms with E-state index in [1.54, 1.807) is 31.0 Å². The Morgan fingerprint density at radius 1 is 1.40 bits per heavy atom. The van der Waals surface area contributed by atoms with E-state index in [2.05, 4.69) is 5.32 Å². The summed E-state index contributed by atoms with van der Waals surface area (Å²) >= 11 is 0. The highest BCUT2D eigenvalue weighted by molar-refractivity contribution is 5.81. The molecule has 20 heavy (non-hydrogen) atoms. The maximum atomic E-state index is 13.9. The number of hydrogen-bond donors (Lipinski definition) is 2. The smallest absolute Gasteiger partial charge is 0.239 e. The number of carbonyl (C=O) groups excluding carboxylic acids is 1. The number of benzene rings is 1. The molecule has 1 rings (SSSR count). The molecule has 2 N–H and O–H groups in total. The first-order chi connectivity index (χ1) is 9.31. The zero-order valence-electron chi connectivity index (χ0n) is 12.5. The molecule has 0 saturated heterocycles. The van der Waals surface area contributed by atoms with Crippen LogP contribution in [0.25, 0.3) is 0 Å². The number of rotatable bonds is 6. The zero-order valence-corrected chi connectivity index (χ0v) is 12.5. The lowest BCUT2D eigenvalue weighted by molar-refractivity contribution is -0.119. The molecule has 1 atom stereocenters. The van der Waals surface area contributed by atoms with Crippen molar-refractivity contribution in [2.45, 2.75) is 26.9 Å². The van der Waals surface area contributed by atoms with Gasteiger partial charge in [-0.05, 0) is 30.5 Å². The molecule has 0 aromatic heterocycles. The molecule has 0 aliphatic rings. The first kappa shape index (κ1) is 16.4. The molecule has 0 aliphatic carbocycles. The number of amides is 1. The second kappa shape index (κ2) is 7.24. The van der Waals surface area contributed by atoms with Gasteiger partial charge in [-0.2, -0.15) is 0 Å². The lowest BCUT2D eigenvalue weighted by Crippen LogP contribution is -2.37. The van der Waals surface area contributed by atoms with Gasteiger partial charge in [0.2, 0.25) is 5.91 Å². The molecule has 1 unspecified atom stereocenters. The lowest BCUT2D eigenvalue weighted by atomic mass is 10.1. The summed E-state index contributed by atoms with van der Waals surface area (Å²) < 4.78 is 13.9. The Kier molecular flexibility index (Phi) is 5.95. The molecule has 1 aromatic rings. The number of carbonyl (C=O) groups is 1.